The normalized spacial score (nSPS) is 12.0. The molecule has 0 saturated heterocycles. The van der Waals surface area contributed by atoms with Crippen molar-refractivity contribution in [1.82, 2.24) is 5.32 Å². The van der Waals surface area contributed by atoms with E-state index in [0.29, 0.717) is 0 Å². The molecule has 0 rings (SSSR count). The van der Waals surface area contributed by atoms with Crippen molar-refractivity contribution in [3.8, 4) is 0 Å². The minimum Gasteiger partial charge on any atom is -0.384 e. The number of rotatable bonds is 6. The Morgan fingerprint density at radius 3 is 2.45 bits per heavy atom. The summed E-state index contributed by atoms with van der Waals surface area (Å²) in [4.78, 5) is 0. The average Bonchev–Trinajstić information content (AvgIpc) is 1.87. The van der Waals surface area contributed by atoms with Gasteiger partial charge in [-0.2, -0.15) is 0 Å². The van der Waals surface area contributed by atoms with Crippen LogP contribution in [0.3, 0.4) is 0 Å². The quantitative estimate of drug-likeness (QED) is 0.595. The molecule has 0 aliphatic rings. The maximum atomic E-state index is 5.10. The SMILES string of the molecule is CCCNCC(C)(C)COC. The Bertz CT molecular complexity index is 91.6. The van der Waals surface area contributed by atoms with Crippen LogP contribution in [0.15, 0.2) is 0 Å². The molecular weight excluding hydrogens is 138 g/mol. The second kappa shape index (κ2) is 5.56. The van der Waals surface area contributed by atoms with Crippen LogP contribution in [0.4, 0.5) is 0 Å². The summed E-state index contributed by atoms with van der Waals surface area (Å²) in [5.74, 6) is 0. The average molecular weight is 159 g/mol. The molecule has 0 atom stereocenters. The fourth-order valence-electron chi connectivity index (χ4n) is 1.05. The third-order valence-corrected chi connectivity index (χ3v) is 1.57. The van der Waals surface area contributed by atoms with E-state index in [1.807, 2.05) is 0 Å². The van der Waals surface area contributed by atoms with Crippen molar-refractivity contribution in [1.29, 1.82) is 0 Å². The molecule has 0 spiro atoms. The lowest BCUT2D eigenvalue weighted by atomic mass is 9.95. The van der Waals surface area contributed by atoms with Gasteiger partial charge in [0.15, 0.2) is 0 Å². The molecule has 0 aromatic carbocycles. The van der Waals surface area contributed by atoms with Crippen molar-refractivity contribution >= 4 is 0 Å². The molecule has 0 bridgehead atoms. The van der Waals surface area contributed by atoms with E-state index in [1.165, 1.54) is 6.42 Å². The Morgan fingerprint density at radius 2 is 2.00 bits per heavy atom. The fourth-order valence-corrected chi connectivity index (χ4v) is 1.05. The van der Waals surface area contributed by atoms with Gasteiger partial charge in [0, 0.05) is 19.1 Å². The zero-order valence-electron chi connectivity index (χ0n) is 8.24. The third-order valence-electron chi connectivity index (χ3n) is 1.57. The van der Waals surface area contributed by atoms with Gasteiger partial charge in [0.05, 0.1) is 6.61 Å². The Morgan fingerprint density at radius 1 is 1.36 bits per heavy atom. The van der Waals surface area contributed by atoms with E-state index in [1.54, 1.807) is 7.11 Å². The van der Waals surface area contributed by atoms with E-state index in [2.05, 4.69) is 26.1 Å². The molecule has 1 N–H and O–H groups in total. The largest absolute Gasteiger partial charge is 0.384 e. The molecule has 0 aliphatic heterocycles. The second-order valence-corrected chi connectivity index (χ2v) is 3.77. The highest BCUT2D eigenvalue weighted by Crippen LogP contribution is 2.12. The van der Waals surface area contributed by atoms with Crippen molar-refractivity contribution in [2.75, 3.05) is 26.8 Å². The second-order valence-electron chi connectivity index (χ2n) is 3.77. The standard InChI is InChI=1S/C9H21NO/c1-5-6-10-7-9(2,3)8-11-4/h10H,5-8H2,1-4H3. The number of hydrogen-bond acceptors (Lipinski definition) is 2. The topological polar surface area (TPSA) is 21.3 Å². The summed E-state index contributed by atoms with van der Waals surface area (Å²) >= 11 is 0. The van der Waals surface area contributed by atoms with Crippen molar-refractivity contribution < 1.29 is 4.74 Å². The van der Waals surface area contributed by atoms with Crippen molar-refractivity contribution in [2.24, 2.45) is 5.41 Å². The Labute approximate surface area is 70.3 Å². The third kappa shape index (κ3) is 6.32. The van der Waals surface area contributed by atoms with E-state index in [-0.39, 0.29) is 5.41 Å². The lowest BCUT2D eigenvalue weighted by Crippen LogP contribution is -2.33. The highest BCUT2D eigenvalue weighted by molar-refractivity contribution is 4.70. The maximum Gasteiger partial charge on any atom is 0.0525 e. The van der Waals surface area contributed by atoms with Gasteiger partial charge in [-0.05, 0) is 13.0 Å². The van der Waals surface area contributed by atoms with E-state index in [0.717, 1.165) is 19.7 Å². The first-order valence-corrected chi connectivity index (χ1v) is 4.32. The van der Waals surface area contributed by atoms with Gasteiger partial charge >= 0.3 is 0 Å². The lowest BCUT2D eigenvalue weighted by Gasteiger charge is -2.23. The number of nitrogens with one attached hydrogen (secondary N) is 1. The first-order valence-electron chi connectivity index (χ1n) is 4.32. The molecule has 11 heavy (non-hydrogen) atoms. The summed E-state index contributed by atoms with van der Waals surface area (Å²) in [6.45, 7) is 9.56. The highest BCUT2D eigenvalue weighted by atomic mass is 16.5. The van der Waals surface area contributed by atoms with E-state index in [4.69, 9.17) is 4.74 Å². The molecule has 0 aliphatic carbocycles. The summed E-state index contributed by atoms with van der Waals surface area (Å²) in [5, 5.41) is 3.38. The predicted molar refractivity (Wildman–Crippen MR) is 48.8 cm³/mol. The van der Waals surface area contributed by atoms with Crippen LogP contribution in [0.25, 0.3) is 0 Å². The molecule has 0 fully saturated rings. The van der Waals surface area contributed by atoms with Gasteiger partial charge in [0.2, 0.25) is 0 Å². The van der Waals surface area contributed by atoms with Crippen molar-refractivity contribution in [2.45, 2.75) is 27.2 Å². The van der Waals surface area contributed by atoms with Gasteiger partial charge in [-0.3, -0.25) is 0 Å². The first kappa shape index (κ1) is 10.9. The predicted octanol–water partition coefficient (Wildman–Crippen LogP) is 1.66. The van der Waals surface area contributed by atoms with Gasteiger partial charge in [0.25, 0.3) is 0 Å². The first-order chi connectivity index (χ1) is 5.12. The molecule has 0 aromatic heterocycles. The van der Waals surface area contributed by atoms with Crippen LogP contribution >= 0.6 is 0 Å². The minimum atomic E-state index is 0.268. The van der Waals surface area contributed by atoms with Gasteiger partial charge in [0.1, 0.15) is 0 Å². The summed E-state index contributed by atoms with van der Waals surface area (Å²) < 4.78 is 5.10. The maximum absolute atomic E-state index is 5.10. The molecule has 0 unspecified atom stereocenters. The molecule has 0 aromatic rings. The van der Waals surface area contributed by atoms with E-state index in [9.17, 15) is 0 Å². The zero-order chi connectivity index (χ0) is 8.74. The number of ether oxygens (including phenoxy) is 1. The number of hydrogen-bond donors (Lipinski definition) is 1. The molecule has 0 radical (unpaired) electrons. The molecule has 2 heteroatoms. The van der Waals surface area contributed by atoms with Gasteiger partial charge in [-0.1, -0.05) is 20.8 Å². The highest BCUT2D eigenvalue weighted by Gasteiger charge is 2.15. The molecule has 0 amide bonds. The smallest absolute Gasteiger partial charge is 0.0525 e. The van der Waals surface area contributed by atoms with Crippen LogP contribution in [0.2, 0.25) is 0 Å². The molecule has 0 saturated carbocycles. The van der Waals surface area contributed by atoms with Crippen LogP contribution in [0, 0.1) is 5.41 Å². The Hall–Kier alpha value is -0.0800. The molecule has 2 nitrogen and oxygen atoms in total. The van der Waals surface area contributed by atoms with Crippen LogP contribution in [0.5, 0.6) is 0 Å². The summed E-state index contributed by atoms with van der Waals surface area (Å²) in [5.41, 5.74) is 0.268. The minimum absolute atomic E-state index is 0.268. The fraction of sp³-hybridized carbons (Fsp3) is 1.00. The number of methoxy groups -OCH3 is 1. The van der Waals surface area contributed by atoms with Crippen LogP contribution in [0.1, 0.15) is 27.2 Å². The van der Waals surface area contributed by atoms with Crippen molar-refractivity contribution in [3.05, 3.63) is 0 Å². The zero-order valence-corrected chi connectivity index (χ0v) is 8.24. The van der Waals surface area contributed by atoms with Crippen LogP contribution in [-0.2, 0) is 4.74 Å². The summed E-state index contributed by atoms with van der Waals surface area (Å²) in [6.07, 6.45) is 1.20. The van der Waals surface area contributed by atoms with Crippen LogP contribution < -0.4 is 5.32 Å². The molecule has 0 heterocycles. The van der Waals surface area contributed by atoms with Crippen molar-refractivity contribution in [3.63, 3.8) is 0 Å². The van der Waals surface area contributed by atoms with Crippen LogP contribution in [-0.4, -0.2) is 26.8 Å². The van der Waals surface area contributed by atoms with E-state index >= 15 is 0 Å². The van der Waals surface area contributed by atoms with Gasteiger partial charge < -0.3 is 10.1 Å². The molecular formula is C9H21NO. The van der Waals surface area contributed by atoms with Gasteiger partial charge in [-0.25, -0.2) is 0 Å². The van der Waals surface area contributed by atoms with E-state index < -0.39 is 0 Å². The monoisotopic (exact) mass is 159 g/mol. The molecule has 68 valence electrons. The summed E-state index contributed by atoms with van der Waals surface area (Å²) in [6, 6.07) is 0. The van der Waals surface area contributed by atoms with Gasteiger partial charge in [-0.15, -0.1) is 0 Å². The summed E-state index contributed by atoms with van der Waals surface area (Å²) in [7, 11) is 1.75. The lowest BCUT2D eigenvalue weighted by molar-refractivity contribution is 0.104. The Balaban J connectivity index is 3.38. The Kier molecular flexibility index (Phi) is 5.51.